The third kappa shape index (κ3) is 2.91. The minimum atomic E-state index is -0.586. The molecule has 1 saturated heterocycles. The first-order valence-electron chi connectivity index (χ1n) is 14.0. The molecule has 7 nitrogen and oxygen atoms in total. The molecule has 1 aromatic rings. The van der Waals surface area contributed by atoms with Crippen molar-refractivity contribution in [1.29, 1.82) is 0 Å². The van der Waals surface area contributed by atoms with Crippen molar-refractivity contribution >= 4 is 11.9 Å². The van der Waals surface area contributed by atoms with Gasteiger partial charge in [-0.1, -0.05) is 34.6 Å². The minimum absolute atomic E-state index is 0.000412. The van der Waals surface area contributed by atoms with Crippen LogP contribution in [-0.2, 0) is 23.8 Å². The van der Waals surface area contributed by atoms with Crippen LogP contribution in [0.4, 0.5) is 0 Å². The van der Waals surface area contributed by atoms with Gasteiger partial charge in [0.25, 0.3) is 0 Å². The predicted molar refractivity (Wildman–Crippen MR) is 134 cm³/mol. The highest BCUT2D eigenvalue weighted by Gasteiger charge is 2.87. The third-order valence-corrected chi connectivity index (χ3v) is 12.3. The Kier molecular flexibility index (Phi) is 5.24. The third-order valence-electron chi connectivity index (χ3n) is 12.3. The topological polar surface area (TPSA) is 98.5 Å². The summed E-state index contributed by atoms with van der Waals surface area (Å²) in [7, 11) is 0. The number of hydrogen-bond donors (Lipinski definition) is 1. The van der Waals surface area contributed by atoms with Crippen LogP contribution >= 0.6 is 0 Å². The van der Waals surface area contributed by atoms with E-state index in [4.69, 9.17) is 18.6 Å². The number of rotatable bonds is 3. The van der Waals surface area contributed by atoms with E-state index in [1.807, 2.05) is 6.26 Å². The van der Waals surface area contributed by atoms with Crippen LogP contribution in [-0.4, -0.2) is 47.1 Å². The molecule has 1 aromatic heterocycles. The molecule has 0 amide bonds. The zero-order valence-corrected chi connectivity index (χ0v) is 23.2. The van der Waals surface area contributed by atoms with Gasteiger partial charge in [0.05, 0.1) is 24.7 Å². The fraction of sp³-hybridized carbons (Fsp3) is 0.800. The van der Waals surface area contributed by atoms with E-state index in [0.29, 0.717) is 18.8 Å². The molecule has 0 radical (unpaired) electrons. The van der Waals surface area contributed by atoms with Crippen molar-refractivity contribution < 1.29 is 33.3 Å². The highest BCUT2D eigenvalue weighted by Crippen LogP contribution is 2.82. The lowest BCUT2D eigenvalue weighted by Crippen LogP contribution is -2.73. The second-order valence-electron chi connectivity index (χ2n) is 13.9. The van der Waals surface area contributed by atoms with Crippen LogP contribution in [0.5, 0.6) is 0 Å². The van der Waals surface area contributed by atoms with E-state index in [9.17, 15) is 14.7 Å². The summed E-state index contributed by atoms with van der Waals surface area (Å²) < 4.78 is 24.1. The molecule has 5 fully saturated rings. The molecule has 1 aliphatic heterocycles. The Hall–Kier alpha value is -1.86. The molecule has 0 bridgehead atoms. The van der Waals surface area contributed by atoms with E-state index in [0.717, 1.165) is 19.3 Å². The first-order chi connectivity index (χ1) is 17.2. The highest BCUT2D eigenvalue weighted by atomic mass is 16.6. The number of aliphatic hydroxyl groups excluding tert-OH is 1. The van der Waals surface area contributed by atoms with Crippen molar-refractivity contribution in [3.63, 3.8) is 0 Å². The molecule has 4 saturated carbocycles. The van der Waals surface area contributed by atoms with Gasteiger partial charge < -0.3 is 23.7 Å². The Morgan fingerprint density at radius 3 is 2.27 bits per heavy atom. The number of carbonyl (C=O) groups is 2. The van der Waals surface area contributed by atoms with Crippen molar-refractivity contribution in [2.24, 2.45) is 33.5 Å². The van der Waals surface area contributed by atoms with Gasteiger partial charge in [-0.2, -0.15) is 0 Å². The largest absolute Gasteiger partial charge is 0.472 e. The van der Waals surface area contributed by atoms with Gasteiger partial charge in [0.2, 0.25) is 0 Å². The van der Waals surface area contributed by atoms with Gasteiger partial charge in [-0.3, -0.25) is 9.59 Å². The van der Waals surface area contributed by atoms with E-state index in [2.05, 4.69) is 40.7 Å². The second-order valence-corrected chi connectivity index (χ2v) is 13.9. The average molecular weight is 515 g/mol. The van der Waals surface area contributed by atoms with Crippen molar-refractivity contribution in [2.45, 2.75) is 117 Å². The van der Waals surface area contributed by atoms with Crippen LogP contribution in [0.1, 0.15) is 92.1 Å². The Labute approximate surface area is 219 Å². The molecule has 1 N–H and O–H groups in total. The standard InChI is InChI=1S/C30H42O7/c1-16(31)35-23-14-24(36-17(2)32)28(6)20-8-10-27(5)19(18-9-11-34-15-18)12-25-30(27,37-25)29(20,7)22(33)13-21(28)26(23,3)4/h9,11,15,19-25,33H,8,10,12-14H2,1-7H3. The normalized spacial score (nSPS) is 51.2. The maximum atomic E-state index is 12.4. The maximum absolute atomic E-state index is 12.4. The predicted octanol–water partition coefficient (Wildman–Crippen LogP) is 5.01. The van der Waals surface area contributed by atoms with Gasteiger partial charge in [0.15, 0.2) is 0 Å². The SMILES string of the molecule is CC(=O)OC1CC(OC(C)=O)C2(C)C(CC(O)C3(C)C2CCC2(C)C(c4ccoc4)CC4OC423)C1(C)C. The smallest absolute Gasteiger partial charge is 0.302 e. The van der Waals surface area contributed by atoms with Gasteiger partial charge in [-0.15, -0.1) is 0 Å². The number of furan rings is 1. The molecule has 4 aliphatic carbocycles. The molecular weight excluding hydrogens is 472 g/mol. The van der Waals surface area contributed by atoms with Gasteiger partial charge in [0, 0.05) is 41.9 Å². The summed E-state index contributed by atoms with van der Waals surface area (Å²) in [6.07, 6.45) is 6.15. The van der Waals surface area contributed by atoms with E-state index in [1.165, 1.54) is 19.4 Å². The molecule has 1 spiro atoms. The summed E-state index contributed by atoms with van der Waals surface area (Å²) in [5.74, 6) is -0.251. The van der Waals surface area contributed by atoms with Crippen LogP contribution in [0, 0.1) is 33.5 Å². The molecule has 37 heavy (non-hydrogen) atoms. The summed E-state index contributed by atoms with van der Waals surface area (Å²) in [4.78, 5) is 24.4. The molecule has 11 atom stereocenters. The monoisotopic (exact) mass is 514 g/mol. The van der Waals surface area contributed by atoms with Crippen molar-refractivity contribution in [3.8, 4) is 0 Å². The molecule has 6 rings (SSSR count). The van der Waals surface area contributed by atoms with E-state index in [1.54, 1.807) is 6.26 Å². The summed E-state index contributed by atoms with van der Waals surface area (Å²) in [5.41, 5.74) is -0.641. The average Bonchev–Trinajstić information content (AvgIpc) is 3.16. The lowest BCUT2D eigenvalue weighted by Gasteiger charge is -2.70. The highest BCUT2D eigenvalue weighted by molar-refractivity contribution is 5.67. The van der Waals surface area contributed by atoms with Crippen molar-refractivity contribution in [1.82, 2.24) is 0 Å². The molecule has 11 unspecified atom stereocenters. The zero-order chi connectivity index (χ0) is 26.8. The lowest BCUT2D eigenvalue weighted by molar-refractivity contribution is -0.287. The number of epoxide rings is 1. The number of fused-ring (bicyclic) bond motifs is 3. The Bertz CT molecular complexity index is 1110. The first kappa shape index (κ1) is 25.4. The number of esters is 2. The lowest BCUT2D eigenvalue weighted by atomic mass is 9.35. The molecule has 5 aliphatic rings. The van der Waals surface area contributed by atoms with E-state index < -0.39 is 40.2 Å². The maximum Gasteiger partial charge on any atom is 0.302 e. The van der Waals surface area contributed by atoms with Gasteiger partial charge in [-0.25, -0.2) is 0 Å². The van der Waals surface area contributed by atoms with E-state index in [-0.39, 0.29) is 35.3 Å². The summed E-state index contributed by atoms with van der Waals surface area (Å²) in [6.45, 7) is 14.0. The van der Waals surface area contributed by atoms with Crippen LogP contribution in [0.25, 0.3) is 0 Å². The minimum Gasteiger partial charge on any atom is -0.472 e. The quantitative estimate of drug-likeness (QED) is 0.447. The van der Waals surface area contributed by atoms with Crippen LogP contribution < -0.4 is 0 Å². The number of ether oxygens (including phenoxy) is 3. The van der Waals surface area contributed by atoms with Crippen molar-refractivity contribution in [3.05, 3.63) is 24.2 Å². The first-order valence-corrected chi connectivity index (χ1v) is 14.0. The number of hydrogen-bond acceptors (Lipinski definition) is 7. The fourth-order valence-electron chi connectivity index (χ4n) is 10.8. The molecular formula is C30H42O7. The summed E-state index contributed by atoms with van der Waals surface area (Å²) in [6, 6.07) is 2.08. The molecule has 7 heteroatoms. The van der Waals surface area contributed by atoms with E-state index >= 15 is 0 Å². The van der Waals surface area contributed by atoms with Crippen LogP contribution in [0.3, 0.4) is 0 Å². The fourth-order valence-corrected chi connectivity index (χ4v) is 10.8. The Morgan fingerprint density at radius 2 is 1.65 bits per heavy atom. The summed E-state index contributed by atoms with van der Waals surface area (Å²) in [5, 5.41) is 12.1. The molecule has 0 aromatic carbocycles. The van der Waals surface area contributed by atoms with Crippen LogP contribution in [0.2, 0.25) is 0 Å². The van der Waals surface area contributed by atoms with Gasteiger partial charge >= 0.3 is 11.9 Å². The summed E-state index contributed by atoms with van der Waals surface area (Å²) >= 11 is 0. The number of carbonyl (C=O) groups excluding carboxylic acids is 2. The Balaban J connectivity index is 1.46. The second kappa shape index (κ2) is 7.62. The van der Waals surface area contributed by atoms with Gasteiger partial charge in [-0.05, 0) is 55.1 Å². The zero-order valence-electron chi connectivity index (χ0n) is 23.2. The number of aliphatic hydroxyl groups is 1. The van der Waals surface area contributed by atoms with Crippen molar-refractivity contribution in [2.75, 3.05) is 0 Å². The van der Waals surface area contributed by atoms with Crippen LogP contribution in [0.15, 0.2) is 23.0 Å². The molecule has 204 valence electrons. The Morgan fingerprint density at radius 1 is 0.973 bits per heavy atom. The van der Waals surface area contributed by atoms with Gasteiger partial charge in [0.1, 0.15) is 17.8 Å². The molecule has 2 heterocycles.